The first-order valence-electron chi connectivity index (χ1n) is 1.24. The van der Waals surface area contributed by atoms with Crippen LogP contribution < -0.4 is 0 Å². The van der Waals surface area contributed by atoms with Gasteiger partial charge in [0.15, 0.2) is 0 Å². The molecule has 0 aromatic heterocycles. The van der Waals surface area contributed by atoms with Gasteiger partial charge in [-0.3, -0.25) is 0 Å². The van der Waals surface area contributed by atoms with Crippen molar-refractivity contribution in [1.29, 1.82) is 0 Å². The van der Waals surface area contributed by atoms with Crippen molar-refractivity contribution in [3.05, 3.63) is 6.92 Å². The van der Waals surface area contributed by atoms with Gasteiger partial charge in [-0.05, 0) is 0 Å². The smallest absolute Gasteiger partial charge is 0 e. The second-order valence-electron chi connectivity index (χ2n) is 0.849. The summed E-state index contributed by atoms with van der Waals surface area (Å²) in [6.07, 6.45) is -0.417. The fourth-order valence-electron chi connectivity index (χ4n) is 0. The molecule has 0 aliphatic rings. The minimum Gasteiger partial charge on any atom is -0.426 e. The van der Waals surface area contributed by atoms with Crippen molar-refractivity contribution in [2.24, 2.45) is 0 Å². The predicted molar refractivity (Wildman–Crippen MR) is 17.0 cm³/mol. The van der Waals surface area contributed by atoms with E-state index in [0.717, 1.165) is 0 Å². The van der Waals surface area contributed by atoms with Crippen LogP contribution in [0.25, 0.3) is 0 Å². The normalized spacial score (nSPS) is 12.6. The molecular weight excluding hydrogens is 236 g/mol. The Morgan fingerprint density at radius 3 is 1.80 bits per heavy atom. The summed E-state index contributed by atoms with van der Waals surface area (Å²) in [5.74, 6) is 0. The van der Waals surface area contributed by atoms with E-state index in [-0.39, 0.29) is 21.1 Å². The fraction of sp³-hybridized carbons (Fsp3) is 0.667. The molecule has 0 radical (unpaired) electrons. The van der Waals surface area contributed by atoms with Gasteiger partial charge in [0, 0.05) is 21.1 Å². The van der Waals surface area contributed by atoms with Gasteiger partial charge in [-0.25, -0.2) is 0 Å². The summed E-state index contributed by atoms with van der Waals surface area (Å²) in [6.45, 7) is 4.81. The molecule has 1 atom stereocenters. The summed E-state index contributed by atoms with van der Waals surface area (Å²) in [5, 5.41) is 7.94. The molecule has 0 aliphatic heterocycles. The van der Waals surface area contributed by atoms with Crippen LogP contribution in [0.2, 0.25) is 0 Å². The summed E-state index contributed by atoms with van der Waals surface area (Å²) < 4.78 is 0. The van der Waals surface area contributed by atoms with E-state index in [0.29, 0.717) is 0 Å². The van der Waals surface area contributed by atoms with Gasteiger partial charge >= 0.3 is 0 Å². The largest absolute Gasteiger partial charge is 0.426 e. The first kappa shape index (κ1) is 9.17. The molecule has 0 aromatic carbocycles. The Labute approximate surface area is 46.7 Å². The monoisotopic (exact) mass is 243 g/mol. The zero-order chi connectivity index (χ0) is 3.58. The molecule has 0 aliphatic carbocycles. The van der Waals surface area contributed by atoms with Gasteiger partial charge in [0.2, 0.25) is 0 Å². The molecule has 0 spiro atoms. The minimum absolute atomic E-state index is 0. The number of hydrogen-bond acceptors (Lipinski definition) is 1. The summed E-state index contributed by atoms with van der Waals surface area (Å²) in [5.41, 5.74) is 0. The van der Waals surface area contributed by atoms with Crippen LogP contribution in [0.4, 0.5) is 0 Å². The molecule has 0 amide bonds. The molecule has 1 N–H and O–H groups in total. The van der Waals surface area contributed by atoms with Crippen molar-refractivity contribution >= 4 is 0 Å². The molecule has 0 heterocycles. The zero-order valence-electron chi connectivity index (χ0n) is 3.14. The van der Waals surface area contributed by atoms with Gasteiger partial charge in [0.25, 0.3) is 0 Å². The molecule has 5 heavy (non-hydrogen) atoms. The second-order valence-corrected chi connectivity index (χ2v) is 0.849. The van der Waals surface area contributed by atoms with Crippen molar-refractivity contribution in [1.82, 2.24) is 0 Å². The number of aliphatic hydroxyl groups is 1. The van der Waals surface area contributed by atoms with E-state index < -0.39 is 6.10 Å². The maximum atomic E-state index is 7.94. The molecule has 32 valence electrons. The molecular formula is C3H7OW-. The molecule has 0 rings (SSSR count). The Balaban J connectivity index is 0. The van der Waals surface area contributed by atoms with Gasteiger partial charge < -0.3 is 12.0 Å². The van der Waals surface area contributed by atoms with Crippen LogP contribution in [0.15, 0.2) is 0 Å². The Morgan fingerprint density at radius 1 is 1.80 bits per heavy atom. The van der Waals surface area contributed by atoms with Crippen LogP contribution in [-0.4, -0.2) is 11.2 Å². The minimum atomic E-state index is -0.417. The van der Waals surface area contributed by atoms with Gasteiger partial charge in [-0.2, -0.15) is 0 Å². The molecule has 1 unspecified atom stereocenters. The number of aliphatic hydroxyl groups excluding tert-OH is 1. The third kappa shape index (κ3) is 77.6. The summed E-state index contributed by atoms with van der Waals surface area (Å²) >= 11 is 0. The summed E-state index contributed by atoms with van der Waals surface area (Å²) in [4.78, 5) is 0. The zero-order valence-corrected chi connectivity index (χ0v) is 6.07. The molecule has 0 saturated carbocycles. The van der Waals surface area contributed by atoms with Crippen LogP contribution in [0, 0.1) is 6.92 Å². The van der Waals surface area contributed by atoms with E-state index in [1.54, 1.807) is 6.92 Å². The van der Waals surface area contributed by atoms with E-state index in [1.165, 1.54) is 0 Å². The Hall–Kier alpha value is 0.648. The van der Waals surface area contributed by atoms with Crippen molar-refractivity contribution in [2.75, 3.05) is 0 Å². The summed E-state index contributed by atoms with van der Waals surface area (Å²) in [6, 6.07) is 0. The standard InChI is InChI=1S/C3H7O.W/c1-3(2)4;/h3-4H,1H2,2H3;/q-1;. The Bertz CT molecular complexity index is 11.6. The second kappa shape index (κ2) is 4.65. The van der Waals surface area contributed by atoms with E-state index in [1.807, 2.05) is 0 Å². The van der Waals surface area contributed by atoms with E-state index in [2.05, 4.69) is 6.92 Å². The van der Waals surface area contributed by atoms with Crippen LogP contribution in [-0.2, 0) is 21.1 Å². The van der Waals surface area contributed by atoms with Crippen molar-refractivity contribution < 1.29 is 26.2 Å². The maximum absolute atomic E-state index is 7.94. The first-order chi connectivity index (χ1) is 1.73. The van der Waals surface area contributed by atoms with Gasteiger partial charge in [0.1, 0.15) is 0 Å². The average molecular weight is 243 g/mol. The molecule has 0 saturated heterocycles. The van der Waals surface area contributed by atoms with Crippen molar-refractivity contribution in [2.45, 2.75) is 13.0 Å². The third-order valence-corrected chi connectivity index (χ3v) is 0. The fourth-order valence-corrected chi connectivity index (χ4v) is 0. The van der Waals surface area contributed by atoms with Crippen LogP contribution in [0.1, 0.15) is 6.92 Å². The molecule has 2 heteroatoms. The van der Waals surface area contributed by atoms with Gasteiger partial charge in [0.05, 0.1) is 0 Å². The number of rotatable bonds is 0. The van der Waals surface area contributed by atoms with Crippen LogP contribution in [0.5, 0.6) is 0 Å². The summed E-state index contributed by atoms with van der Waals surface area (Å²) in [7, 11) is 0. The molecule has 0 fully saturated rings. The molecule has 1 nitrogen and oxygen atoms in total. The number of hydrogen-bond donors (Lipinski definition) is 1. The Morgan fingerprint density at radius 2 is 1.80 bits per heavy atom. The average Bonchev–Trinajstić information content (AvgIpc) is 0.811. The SMILES string of the molecule is [CH2-]C(C)O.[W]. The van der Waals surface area contributed by atoms with Crippen LogP contribution in [0.3, 0.4) is 0 Å². The molecule has 0 aromatic rings. The van der Waals surface area contributed by atoms with Gasteiger partial charge in [-0.15, -0.1) is 0 Å². The third-order valence-electron chi connectivity index (χ3n) is 0. The predicted octanol–water partition coefficient (Wildman–Crippen LogP) is 0.199. The maximum Gasteiger partial charge on any atom is 0 e. The van der Waals surface area contributed by atoms with Crippen molar-refractivity contribution in [3.63, 3.8) is 0 Å². The quantitative estimate of drug-likeness (QED) is 0.602. The van der Waals surface area contributed by atoms with E-state index in [4.69, 9.17) is 5.11 Å². The first-order valence-corrected chi connectivity index (χ1v) is 1.24. The van der Waals surface area contributed by atoms with E-state index in [9.17, 15) is 0 Å². The van der Waals surface area contributed by atoms with E-state index >= 15 is 0 Å². The molecule has 0 bridgehead atoms. The van der Waals surface area contributed by atoms with Crippen molar-refractivity contribution in [3.8, 4) is 0 Å². The Kier molecular flexibility index (Phi) is 8.52. The topological polar surface area (TPSA) is 20.2 Å². The van der Waals surface area contributed by atoms with Gasteiger partial charge in [-0.1, -0.05) is 13.0 Å². The van der Waals surface area contributed by atoms with Crippen LogP contribution >= 0.6 is 0 Å².